The standard InChI is InChI=1S/C7H10N6O/c1-3-13-4(2)9-10-7(13)5-6(8)12-14-11-5/h3H2,1-2H3,(H2,8,12). The molecule has 74 valence electrons. The molecule has 2 rings (SSSR count). The van der Waals surface area contributed by atoms with Crippen LogP contribution in [0.4, 0.5) is 5.82 Å². The van der Waals surface area contributed by atoms with Gasteiger partial charge in [-0.2, -0.15) is 0 Å². The van der Waals surface area contributed by atoms with E-state index >= 15 is 0 Å². The van der Waals surface area contributed by atoms with Crippen LogP contribution in [0.5, 0.6) is 0 Å². The van der Waals surface area contributed by atoms with E-state index in [1.807, 2.05) is 18.4 Å². The lowest BCUT2D eigenvalue weighted by molar-refractivity contribution is 0.310. The van der Waals surface area contributed by atoms with Crippen LogP contribution in [0.15, 0.2) is 4.63 Å². The predicted octanol–water partition coefficient (Wildman–Crippen LogP) is 0.239. The average Bonchev–Trinajstić information content (AvgIpc) is 2.71. The first-order valence-corrected chi connectivity index (χ1v) is 4.22. The summed E-state index contributed by atoms with van der Waals surface area (Å²) in [5.41, 5.74) is 5.99. The number of aromatic nitrogens is 5. The summed E-state index contributed by atoms with van der Waals surface area (Å²) in [4.78, 5) is 0. The summed E-state index contributed by atoms with van der Waals surface area (Å²) in [5, 5.41) is 15.1. The van der Waals surface area contributed by atoms with Gasteiger partial charge < -0.3 is 10.3 Å². The van der Waals surface area contributed by atoms with Gasteiger partial charge in [0.1, 0.15) is 5.82 Å². The van der Waals surface area contributed by atoms with Crippen molar-refractivity contribution in [3.05, 3.63) is 5.82 Å². The highest BCUT2D eigenvalue weighted by Crippen LogP contribution is 2.20. The molecule has 2 aromatic heterocycles. The minimum Gasteiger partial charge on any atom is -0.379 e. The molecule has 0 saturated carbocycles. The first-order valence-electron chi connectivity index (χ1n) is 4.22. The number of hydrogen-bond donors (Lipinski definition) is 1. The van der Waals surface area contributed by atoms with Gasteiger partial charge in [-0.15, -0.1) is 10.2 Å². The molecule has 2 N–H and O–H groups in total. The van der Waals surface area contributed by atoms with Crippen LogP contribution in [0.3, 0.4) is 0 Å². The van der Waals surface area contributed by atoms with Gasteiger partial charge >= 0.3 is 0 Å². The van der Waals surface area contributed by atoms with E-state index in [0.29, 0.717) is 11.5 Å². The van der Waals surface area contributed by atoms with Crippen molar-refractivity contribution in [2.45, 2.75) is 20.4 Å². The Morgan fingerprint density at radius 1 is 1.36 bits per heavy atom. The van der Waals surface area contributed by atoms with E-state index < -0.39 is 0 Å². The molecule has 0 spiro atoms. The number of rotatable bonds is 2. The minimum atomic E-state index is 0.229. The lowest BCUT2D eigenvalue weighted by Gasteiger charge is -2.01. The number of nitrogen functional groups attached to an aromatic ring is 1. The largest absolute Gasteiger partial charge is 0.379 e. The van der Waals surface area contributed by atoms with Crippen molar-refractivity contribution < 1.29 is 4.63 Å². The molecular formula is C7H10N6O. The van der Waals surface area contributed by atoms with Gasteiger partial charge in [0, 0.05) is 6.54 Å². The Kier molecular flexibility index (Phi) is 1.91. The van der Waals surface area contributed by atoms with Crippen LogP contribution in [-0.4, -0.2) is 25.1 Å². The summed E-state index contributed by atoms with van der Waals surface area (Å²) in [7, 11) is 0. The van der Waals surface area contributed by atoms with E-state index in [2.05, 4.69) is 25.1 Å². The zero-order chi connectivity index (χ0) is 10.1. The smallest absolute Gasteiger partial charge is 0.199 e. The number of aryl methyl sites for hydroxylation is 1. The monoisotopic (exact) mass is 194 g/mol. The highest BCUT2D eigenvalue weighted by molar-refractivity contribution is 5.62. The third kappa shape index (κ3) is 1.13. The van der Waals surface area contributed by atoms with Crippen molar-refractivity contribution in [1.82, 2.24) is 25.1 Å². The number of anilines is 1. The molecule has 0 fully saturated rings. The van der Waals surface area contributed by atoms with Crippen molar-refractivity contribution in [1.29, 1.82) is 0 Å². The highest BCUT2D eigenvalue weighted by Gasteiger charge is 2.16. The Morgan fingerprint density at radius 3 is 2.71 bits per heavy atom. The second-order valence-corrected chi connectivity index (χ2v) is 2.81. The molecular weight excluding hydrogens is 184 g/mol. The maximum absolute atomic E-state index is 5.56. The summed E-state index contributed by atoms with van der Waals surface area (Å²) in [6.07, 6.45) is 0. The zero-order valence-corrected chi connectivity index (χ0v) is 7.93. The Balaban J connectivity index is 2.57. The lowest BCUT2D eigenvalue weighted by atomic mass is 10.4. The van der Waals surface area contributed by atoms with Crippen molar-refractivity contribution in [2.75, 3.05) is 5.73 Å². The van der Waals surface area contributed by atoms with Crippen LogP contribution in [0, 0.1) is 6.92 Å². The van der Waals surface area contributed by atoms with Gasteiger partial charge in [0.2, 0.25) is 0 Å². The molecule has 0 aliphatic heterocycles. The molecule has 7 heteroatoms. The molecule has 0 unspecified atom stereocenters. The Hall–Kier alpha value is -1.92. The van der Waals surface area contributed by atoms with E-state index in [9.17, 15) is 0 Å². The first kappa shape index (κ1) is 8.67. The van der Waals surface area contributed by atoms with Crippen molar-refractivity contribution in [3.8, 4) is 11.5 Å². The van der Waals surface area contributed by atoms with E-state index in [-0.39, 0.29) is 5.82 Å². The Bertz CT molecular complexity index is 445. The topological polar surface area (TPSA) is 95.6 Å². The van der Waals surface area contributed by atoms with Gasteiger partial charge in [-0.25, -0.2) is 4.63 Å². The van der Waals surface area contributed by atoms with Gasteiger partial charge in [-0.05, 0) is 24.2 Å². The summed E-state index contributed by atoms with van der Waals surface area (Å²) >= 11 is 0. The van der Waals surface area contributed by atoms with Crippen LogP contribution in [-0.2, 0) is 6.54 Å². The van der Waals surface area contributed by atoms with Crippen LogP contribution >= 0.6 is 0 Å². The second kappa shape index (κ2) is 3.09. The molecule has 7 nitrogen and oxygen atoms in total. The molecule has 0 aliphatic rings. The van der Waals surface area contributed by atoms with Crippen LogP contribution in [0.1, 0.15) is 12.7 Å². The van der Waals surface area contributed by atoms with Crippen LogP contribution < -0.4 is 5.73 Å². The van der Waals surface area contributed by atoms with E-state index in [1.165, 1.54) is 0 Å². The highest BCUT2D eigenvalue weighted by atomic mass is 16.6. The van der Waals surface area contributed by atoms with Crippen molar-refractivity contribution in [3.63, 3.8) is 0 Å². The van der Waals surface area contributed by atoms with Crippen LogP contribution in [0.2, 0.25) is 0 Å². The molecule has 0 atom stereocenters. The minimum absolute atomic E-state index is 0.229. The van der Waals surface area contributed by atoms with Gasteiger partial charge in [-0.3, -0.25) is 0 Å². The Labute approximate surface area is 79.9 Å². The van der Waals surface area contributed by atoms with Crippen molar-refractivity contribution >= 4 is 5.82 Å². The third-order valence-electron chi connectivity index (χ3n) is 1.98. The molecule has 0 aromatic carbocycles. The molecule has 0 radical (unpaired) electrons. The second-order valence-electron chi connectivity index (χ2n) is 2.81. The van der Waals surface area contributed by atoms with Crippen molar-refractivity contribution in [2.24, 2.45) is 0 Å². The number of nitrogens with two attached hydrogens (primary N) is 1. The quantitative estimate of drug-likeness (QED) is 0.735. The van der Waals surface area contributed by atoms with Gasteiger partial charge in [-0.1, -0.05) is 0 Å². The van der Waals surface area contributed by atoms with Crippen LogP contribution in [0.25, 0.3) is 11.5 Å². The normalized spacial score (nSPS) is 10.7. The molecule has 2 aromatic rings. The summed E-state index contributed by atoms with van der Waals surface area (Å²) in [6.45, 7) is 4.60. The van der Waals surface area contributed by atoms with Gasteiger partial charge in [0.15, 0.2) is 17.3 Å². The lowest BCUT2D eigenvalue weighted by Crippen LogP contribution is -2.01. The third-order valence-corrected chi connectivity index (χ3v) is 1.98. The fraction of sp³-hybridized carbons (Fsp3) is 0.429. The van der Waals surface area contributed by atoms with Gasteiger partial charge in [0.25, 0.3) is 0 Å². The zero-order valence-electron chi connectivity index (χ0n) is 7.93. The molecule has 0 aliphatic carbocycles. The summed E-state index contributed by atoms with van der Waals surface area (Å²) < 4.78 is 6.39. The predicted molar refractivity (Wildman–Crippen MR) is 48.1 cm³/mol. The number of nitrogens with zero attached hydrogens (tertiary/aromatic N) is 5. The van der Waals surface area contributed by atoms with E-state index in [4.69, 9.17) is 5.73 Å². The maximum Gasteiger partial charge on any atom is 0.199 e. The molecule has 14 heavy (non-hydrogen) atoms. The molecule has 0 amide bonds. The fourth-order valence-corrected chi connectivity index (χ4v) is 1.29. The van der Waals surface area contributed by atoms with E-state index in [0.717, 1.165) is 12.4 Å². The molecule has 0 saturated heterocycles. The SMILES string of the molecule is CCn1c(C)nnc1-c1nonc1N. The van der Waals surface area contributed by atoms with E-state index in [1.54, 1.807) is 0 Å². The maximum atomic E-state index is 5.56. The summed E-state index contributed by atoms with van der Waals surface area (Å²) in [5.74, 6) is 1.63. The average molecular weight is 194 g/mol. The molecule has 2 heterocycles. The first-order chi connectivity index (χ1) is 6.74. The fourth-order valence-electron chi connectivity index (χ4n) is 1.29. The Morgan fingerprint density at radius 2 is 2.14 bits per heavy atom. The molecule has 0 bridgehead atoms. The number of hydrogen-bond acceptors (Lipinski definition) is 6. The summed E-state index contributed by atoms with van der Waals surface area (Å²) in [6, 6.07) is 0. The van der Waals surface area contributed by atoms with Gasteiger partial charge in [0.05, 0.1) is 0 Å².